The second-order valence-corrected chi connectivity index (χ2v) is 5.41. The zero-order chi connectivity index (χ0) is 12.0. The first-order valence-electron chi connectivity index (χ1n) is 5.61. The molecule has 1 unspecified atom stereocenters. The molecule has 0 aliphatic carbocycles. The van der Waals surface area contributed by atoms with Crippen molar-refractivity contribution in [2.24, 2.45) is 0 Å². The average molecular weight is 277 g/mol. The minimum absolute atomic E-state index is 0. The van der Waals surface area contributed by atoms with E-state index in [-0.39, 0.29) is 24.4 Å². The average Bonchev–Trinajstić information content (AvgIpc) is 2.60. The summed E-state index contributed by atoms with van der Waals surface area (Å²) < 4.78 is 0. The summed E-state index contributed by atoms with van der Waals surface area (Å²) in [6.07, 6.45) is 1.47. The Labute approximate surface area is 113 Å². The topological polar surface area (TPSA) is 41.1 Å². The van der Waals surface area contributed by atoms with Crippen molar-refractivity contribution < 1.29 is 4.79 Å². The highest BCUT2D eigenvalue weighted by Gasteiger charge is 2.08. The van der Waals surface area contributed by atoms with Crippen LogP contribution < -0.4 is 10.6 Å². The van der Waals surface area contributed by atoms with Gasteiger partial charge in [0.15, 0.2) is 0 Å². The summed E-state index contributed by atoms with van der Waals surface area (Å²) in [5.74, 6) is 0.120. The minimum atomic E-state index is 0. The summed E-state index contributed by atoms with van der Waals surface area (Å²) in [5, 5.41) is 5.97. The molecule has 5 heteroatoms. The molecule has 1 aromatic rings. The number of hydrogen-bond acceptors (Lipinski definition) is 3. The van der Waals surface area contributed by atoms with Crippen molar-refractivity contribution >= 4 is 29.7 Å². The Morgan fingerprint density at radius 3 is 2.71 bits per heavy atom. The van der Waals surface area contributed by atoms with Gasteiger partial charge in [-0.15, -0.1) is 23.7 Å². The highest BCUT2D eigenvalue weighted by atomic mass is 35.5. The van der Waals surface area contributed by atoms with Crippen molar-refractivity contribution in [2.45, 2.75) is 32.7 Å². The molecule has 3 nitrogen and oxygen atoms in total. The Hall–Kier alpha value is -0.580. The Morgan fingerprint density at radius 1 is 1.47 bits per heavy atom. The molecule has 0 aliphatic heterocycles. The first-order chi connectivity index (χ1) is 7.61. The van der Waals surface area contributed by atoms with Crippen LogP contribution in [0, 0.1) is 6.92 Å². The van der Waals surface area contributed by atoms with E-state index < -0.39 is 0 Å². The molecule has 0 spiro atoms. The maximum absolute atomic E-state index is 11.5. The van der Waals surface area contributed by atoms with Gasteiger partial charge in [-0.2, -0.15) is 0 Å². The maximum atomic E-state index is 11.5. The van der Waals surface area contributed by atoms with Crippen molar-refractivity contribution in [3.8, 4) is 0 Å². The lowest BCUT2D eigenvalue weighted by molar-refractivity contribution is -0.121. The van der Waals surface area contributed by atoms with Gasteiger partial charge < -0.3 is 10.6 Å². The molecule has 1 amide bonds. The summed E-state index contributed by atoms with van der Waals surface area (Å²) in [7, 11) is 1.85. The van der Waals surface area contributed by atoms with Gasteiger partial charge in [-0.3, -0.25) is 4.79 Å². The number of amides is 1. The largest absolute Gasteiger partial charge is 0.353 e. The smallest absolute Gasteiger partial charge is 0.221 e. The molecule has 1 heterocycles. The zero-order valence-corrected chi connectivity index (χ0v) is 12.2. The molecule has 1 aromatic heterocycles. The lowest BCUT2D eigenvalue weighted by Crippen LogP contribution is -2.35. The van der Waals surface area contributed by atoms with Crippen LogP contribution in [0.3, 0.4) is 0 Å². The van der Waals surface area contributed by atoms with Gasteiger partial charge >= 0.3 is 0 Å². The molecule has 0 fully saturated rings. The zero-order valence-electron chi connectivity index (χ0n) is 10.6. The predicted molar refractivity (Wildman–Crippen MR) is 76.2 cm³/mol. The number of nitrogens with one attached hydrogen (secondary N) is 2. The second-order valence-electron chi connectivity index (χ2n) is 4.04. The Kier molecular flexibility index (Phi) is 8.21. The third-order valence-electron chi connectivity index (χ3n) is 2.31. The summed E-state index contributed by atoms with van der Waals surface area (Å²) in [5.41, 5.74) is 0. The molecule has 0 radical (unpaired) electrons. The Bertz CT molecular complexity index is 341. The number of carbonyl (C=O) groups excluding carboxylic acids is 1. The second kappa shape index (κ2) is 8.50. The van der Waals surface area contributed by atoms with E-state index in [9.17, 15) is 4.79 Å². The third kappa shape index (κ3) is 6.66. The molecule has 0 bridgehead atoms. The monoisotopic (exact) mass is 276 g/mol. The fourth-order valence-electron chi connectivity index (χ4n) is 1.53. The summed E-state index contributed by atoms with van der Waals surface area (Å²) >= 11 is 1.80. The summed E-state index contributed by atoms with van der Waals surface area (Å²) in [4.78, 5) is 14.1. The van der Waals surface area contributed by atoms with E-state index in [1.165, 1.54) is 9.75 Å². The molecular weight excluding hydrogens is 256 g/mol. The number of carbonyl (C=O) groups is 1. The number of aryl methyl sites for hydroxylation is 1. The van der Waals surface area contributed by atoms with Crippen LogP contribution in [-0.4, -0.2) is 25.5 Å². The molecule has 1 rings (SSSR count). The SMILES string of the molecule is CNCCC(=O)NC(C)Cc1ccc(C)s1.Cl. The standard InChI is InChI=1S/C12H20N2OS.ClH/c1-9(14-12(15)6-7-13-3)8-11-5-4-10(2)16-11;/h4-5,9,13H,6-8H2,1-3H3,(H,14,15);1H. The maximum Gasteiger partial charge on any atom is 0.221 e. The number of hydrogen-bond donors (Lipinski definition) is 2. The lowest BCUT2D eigenvalue weighted by Gasteiger charge is -2.12. The lowest BCUT2D eigenvalue weighted by atomic mass is 10.2. The van der Waals surface area contributed by atoms with Crippen molar-refractivity contribution in [1.82, 2.24) is 10.6 Å². The third-order valence-corrected chi connectivity index (χ3v) is 3.34. The molecule has 0 saturated heterocycles. The highest BCUT2D eigenvalue weighted by Crippen LogP contribution is 2.16. The number of rotatable bonds is 6. The van der Waals surface area contributed by atoms with Crippen LogP contribution in [0.15, 0.2) is 12.1 Å². The highest BCUT2D eigenvalue weighted by molar-refractivity contribution is 7.11. The molecule has 1 atom stereocenters. The van der Waals surface area contributed by atoms with Gasteiger partial charge in [0.25, 0.3) is 0 Å². The van der Waals surface area contributed by atoms with Crippen LogP contribution in [0.4, 0.5) is 0 Å². The van der Waals surface area contributed by atoms with E-state index >= 15 is 0 Å². The molecule has 98 valence electrons. The van der Waals surface area contributed by atoms with Gasteiger partial charge in [0, 0.05) is 35.2 Å². The molecule has 2 N–H and O–H groups in total. The van der Waals surface area contributed by atoms with Gasteiger partial charge in [0.05, 0.1) is 0 Å². The van der Waals surface area contributed by atoms with E-state index in [0.717, 1.165) is 13.0 Å². The van der Waals surface area contributed by atoms with Crippen molar-refractivity contribution in [3.05, 3.63) is 21.9 Å². The van der Waals surface area contributed by atoms with E-state index in [1.54, 1.807) is 11.3 Å². The molecular formula is C12H21ClN2OS. The Morgan fingerprint density at radius 2 is 2.18 bits per heavy atom. The van der Waals surface area contributed by atoms with E-state index in [1.807, 2.05) is 14.0 Å². The molecule has 0 aliphatic rings. The van der Waals surface area contributed by atoms with Crippen LogP contribution in [0.25, 0.3) is 0 Å². The van der Waals surface area contributed by atoms with Crippen LogP contribution >= 0.6 is 23.7 Å². The van der Waals surface area contributed by atoms with Gasteiger partial charge in [0.1, 0.15) is 0 Å². The summed E-state index contributed by atoms with van der Waals surface area (Å²) in [6, 6.07) is 4.47. The fraction of sp³-hybridized carbons (Fsp3) is 0.583. The quantitative estimate of drug-likeness (QED) is 0.836. The van der Waals surface area contributed by atoms with Crippen molar-refractivity contribution in [1.29, 1.82) is 0 Å². The Balaban J connectivity index is 0.00000256. The van der Waals surface area contributed by atoms with E-state index in [0.29, 0.717) is 6.42 Å². The van der Waals surface area contributed by atoms with Crippen molar-refractivity contribution in [3.63, 3.8) is 0 Å². The van der Waals surface area contributed by atoms with E-state index in [4.69, 9.17) is 0 Å². The first-order valence-corrected chi connectivity index (χ1v) is 6.42. The van der Waals surface area contributed by atoms with Gasteiger partial charge in [-0.05, 0) is 33.0 Å². The predicted octanol–water partition coefficient (Wildman–Crippen LogP) is 2.14. The van der Waals surface area contributed by atoms with E-state index in [2.05, 4.69) is 29.7 Å². The fourth-order valence-corrected chi connectivity index (χ4v) is 2.55. The molecule has 0 saturated carbocycles. The van der Waals surface area contributed by atoms with Gasteiger partial charge in [-0.25, -0.2) is 0 Å². The summed E-state index contributed by atoms with van der Waals surface area (Å²) in [6.45, 7) is 4.88. The number of thiophene rings is 1. The van der Waals surface area contributed by atoms with Gasteiger partial charge in [0.2, 0.25) is 5.91 Å². The van der Waals surface area contributed by atoms with Crippen LogP contribution in [0.2, 0.25) is 0 Å². The van der Waals surface area contributed by atoms with Crippen molar-refractivity contribution in [2.75, 3.05) is 13.6 Å². The minimum Gasteiger partial charge on any atom is -0.353 e. The normalized spacial score (nSPS) is 11.7. The number of halogens is 1. The molecule has 0 aromatic carbocycles. The molecule has 17 heavy (non-hydrogen) atoms. The van der Waals surface area contributed by atoms with Crippen LogP contribution in [0.5, 0.6) is 0 Å². The van der Waals surface area contributed by atoms with Gasteiger partial charge in [-0.1, -0.05) is 0 Å². The first kappa shape index (κ1) is 16.4. The van der Waals surface area contributed by atoms with Crippen LogP contribution in [-0.2, 0) is 11.2 Å². The van der Waals surface area contributed by atoms with Crippen LogP contribution in [0.1, 0.15) is 23.1 Å².